The Morgan fingerprint density at radius 2 is 1.86 bits per heavy atom. The van der Waals surface area contributed by atoms with Gasteiger partial charge in [-0.2, -0.15) is 14.4 Å². The van der Waals surface area contributed by atoms with Gasteiger partial charge in [0.05, 0.1) is 12.5 Å². The van der Waals surface area contributed by atoms with E-state index >= 15 is 0 Å². The fourth-order valence-corrected chi connectivity index (χ4v) is 4.72. The van der Waals surface area contributed by atoms with E-state index in [1.165, 1.54) is 0 Å². The lowest BCUT2D eigenvalue weighted by atomic mass is 9.92. The molecule has 4 rings (SSSR count). The van der Waals surface area contributed by atoms with Gasteiger partial charge in [0.2, 0.25) is 23.4 Å². The van der Waals surface area contributed by atoms with Crippen LogP contribution in [0.25, 0.3) is 0 Å². The van der Waals surface area contributed by atoms with Gasteiger partial charge in [0.25, 0.3) is 0 Å². The molecule has 1 atom stereocenters. The Morgan fingerprint density at radius 1 is 1.14 bits per heavy atom. The summed E-state index contributed by atoms with van der Waals surface area (Å²) in [7, 11) is 0. The maximum atomic E-state index is 14.9. The molecule has 1 aromatic carbocycles. The van der Waals surface area contributed by atoms with Crippen molar-refractivity contribution in [3.05, 3.63) is 47.0 Å². The molecule has 2 saturated carbocycles. The highest BCUT2D eigenvalue weighted by Crippen LogP contribution is 2.31. The van der Waals surface area contributed by atoms with E-state index in [0.29, 0.717) is 18.7 Å². The van der Waals surface area contributed by atoms with E-state index in [-0.39, 0.29) is 42.0 Å². The Morgan fingerprint density at radius 3 is 2.53 bits per heavy atom. The van der Waals surface area contributed by atoms with Crippen LogP contribution in [0, 0.1) is 17.7 Å². The van der Waals surface area contributed by atoms with E-state index in [0.717, 1.165) is 55.6 Å². The standard InChI is InChI=1S/C25H32ClFN6O3/c26-25-29-22(28-20-11-6-12-20)21(27)23(30-25)31-32-24(35)19(13-17-7-4-5-8-17)14-33(16-34)36-15-18-9-2-1-3-10-18/h1-3,9-10,16-17,19-20H,4-8,11-15H2,(H,32,35)(H2,28,29,30,31)/t19-/m1/s1. The predicted octanol–water partition coefficient (Wildman–Crippen LogP) is 4.46. The van der Waals surface area contributed by atoms with Crippen LogP contribution in [0.1, 0.15) is 56.9 Å². The molecule has 0 saturated heterocycles. The number of aromatic nitrogens is 2. The molecule has 2 fully saturated rings. The third-order valence-corrected chi connectivity index (χ3v) is 6.96. The average molecular weight is 519 g/mol. The average Bonchev–Trinajstić information content (AvgIpc) is 3.37. The second kappa shape index (κ2) is 12.8. The number of hydrogen-bond acceptors (Lipinski definition) is 7. The summed E-state index contributed by atoms with van der Waals surface area (Å²) in [6.45, 7) is 0.277. The molecule has 1 aromatic heterocycles. The van der Waals surface area contributed by atoms with Crippen LogP contribution in [-0.4, -0.2) is 39.9 Å². The van der Waals surface area contributed by atoms with Gasteiger partial charge in [0, 0.05) is 6.04 Å². The molecule has 194 valence electrons. The summed E-state index contributed by atoms with van der Waals surface area (Å²) in [6, 6.07) is 9.61. The van der Waals surface area contributed by atoms with Crippen LogP contribution < -0.4 is 16.2 Å². The minimum absolute atomic E-state index is 0.000367. The molecule has 3 N–H and O–H groups in total. The van der Waals surface area contributed by atoms with Crippen molar-refractivity contribution in [1.29, 1.82) is 0 Å². The van der Waals surface area contributed by atoms with Crippen molar-refractivity contribution in [2.24, 2.45) is 11.8 Å². The fourth-order valence-electron chi connectivity index (χ4n) is 4.56. The number of carbonyl (C=O) groups excluding carboxylic acids is 2. The van der Waals surface area contributed by atoms with Gasteiger partial charge in [-0.15, -0.1) is 0 Å². The molecule has 11 heteroatoms. The maximum absolute atomic E-state index is 14.9. The number of anilines is 2. The number of hydrogen-bond donors (Lipinski definition) is 3. The summed E-state index contributed by atoms with van der Waals surface area (Å²) in [6.07, 6.45) is 8.44. The van der Waals surface area contributed by atoms with E-state index in [9.17, 15) is 14.0 Å². The van der Waals surface area contributed by atoms with Crippen LogP contribution in [0.15, 0.2) is 30.3 Å². The Labute approximate surface area is 215 Å². The molecule has 0 aliphatic heterocycles. The van der Waals surface area contributed by atoms with Crippen molar-refractivity contribution in [2.75, 3.05) is 17.3 Å². The first kappa shape index (κ1) is 26.1. The zero-order valence-corrected chi connectivity index (χ0v) is 20.8. The summed E-state index contributed by atoms with van der Waals surface area (Å²) < 4.78 is 14.9. The fraction of sp³-hybridized carbons (Fsp3) is 0.520. The first-order chi connectivity index (χ1) is 17.5. The lowest BCUT2D eigenvalue weighted by Gasteiger charge is -2.27. The topological polar surface area (TPSA) is 108 Å². The number of hydroxylamine groups is 2. The molecular formula is C25H32ClFN6O3. The molecule has 2 amide bonds. The Bertz CT molecular complexity index is 1020. The summed E-state index contributed by atoms with van der Waals surface area (Å²) >= 11 is 5.99. The maximum Gasteiger partial charge on any atom is 0.243 e. The van der Waals surface area contributed by atoms with Gasteiger partial charge in [0.1, 0.15) is 6.61 Å². The van der Waals surface area contributed by atoms with Crippen molar-refractivity contribution < 1.29 is 18.8 Å². The predicted molar refractivity (Wildman–Crippen MR) is 134 cm³/mol. The number of nitrogens with one attached hydrogen (secondary N) is 3. The zero-order chi connectivity index (χ0) is 25.3. The van der Waals surface area contributed by atoms with Crippen molar-refractivity contribution in [3.8, 4) is 0 Å². The highest BCUT2D eigenvalue weighted by atomic mass is 35.5. The van der Waals surface area contributed by atoms with E-state index in [4.69, 9.17) is 16.4 Å². The Kier molecular flexibility index (Phi) is 9.29. The van der Waals surface area contributed by atoms with Gasteiger partial charge in [-0.1, -0.05) is 56.0 Å². The monoisotopic (exact) mass is 518 g/mol. The summed E-state index contributed by atoms with van der Waals surface area (Å²) in [5, 5.41) is 4.03. The van der Waals surface area contributed by atoms with Gasteiger partial charge in [-0.3, -0.25) is 25.3 Å². The number of carbonyl (C=O) groups is 2. The first-order valence-electron chi connectivity index (χ1n) is 12.5. The molecule has 0 bridgehead atoms. The number of halogens is 2. The van der Waals surface area contributed by atoms with Gasteiger partial charge in [-0.25, -0.2) is 5.06 Å². The third kappa shape index (κ3) is 7.27. The molecule has 2 aliphatic carbocycles. The van der Waals surface area contributed by atoms with Crippen molar-refractivity contribution in [3.63, 3.8) is 0 Å². The van der Waals surface area contributed by atoms with Crippen LogP contribution in [0.4, 0.5) is 16.0 Å². The molecule has 0 spiro atoms. The molecule has 36 heavy (non-hydrogen) atoms. The lowest BCUT2D eigenvalue weighted by Crippen LogP contribution is -2.42. The SMILES string of the molecule is O=CN(C[C@@H](CC1CCCC1)C(=O)NNc1nc(Cl)nc(NC2CCC2)c1F)OCc1ccccc1. The molecule has 0 unspecified atom stereocenters. The highest BCUT2D eigenvalue weighted by Gasteiger charge is 2.28. The second-order valence-electron chi connectivity index (χ2n) is 9.44. The summed E-state index contributed by atoms with van der Waals surface area (Å²) in [5.74, 6) is -1.52. The number of benzene rings is 1. The van der Waals surface area contributed by atoms with E-state index < -0.39 is 11.7 Å². The highest BCUT2D eigenvalue weighted by molar-refractivity contribution is 6.28. The van der Waals surface area contributed by atoms with E-state index in [2.05, 4.69) is 26.1 Å². The molecule has 9 nitrogen and oxygen atoms in total. The quantitative estimate of drug-likeness (QED) is 0.204. The minimum atomic E-state index is -0.723. The van der Waals surface area contributed by atoms with Crippen LogP contribution >= 0.6 is 11.6 Å². The molecular weight excluding hydrogens is 487 g/mol. The van der Waals surface area contributed by atoms with Crippen LogP contribution in [0.5, 0.6) is 0 Å². The van der Waals surface area contributed by atoms with E-state index in [1.807, 2.05) is 30.3 Å². The van der Waals surface area contributed by atoms with Crippen molar-refractivity contribution in [2.45, 2.75) is 64.0 Å². The third-order valence-electron chi connectivity index (χ3n) is 6.80. The van der Waals surface area contributed by atoms with Crippen LogP contribution in [0.3, 0.4) is 0 Å². The molecule has 1 heterocycles. The van der Waals surface area contributed by atoms with Gasteiger partial charge >= 0.3 is 0 Å². The number of nitrogens with zero attached hydrogens (tertiary/aromatic N) is 3. The summed E-state index contributed by atoms with van der Waals surface area (Å²) in [4.78, 5) is 38.3. The number of rotatable bonds is 13. The Balaban J connectivity index is 1.39. The van der Waals surface area contributed by atoms with E-state index in [1.54, 1.807) is 0 Å². The van der Waals surface area contributed by atoms with Crippen LogP contribution in [-0.2, 0) is 21.0 Å². The lowest BCUT2D eigenvalue weighted by molar-refractivity contribution is -0.182. The smallest absolute Gasteiger partial charge is 0.243 e. The zero-order valence-electron chi connectivity index (χ0n) is 20.1. The Hall–Kier alpha value is -2.98. The number of amides is 2. The second-order valence-corrected chi connectivity index (χ2v) is 9.78. The van der Waals surface area contributed by atoms with Crippen molar-refractivity contribution in [1.82, 2.24) is 20.5 Å². The van der Waals surface area contributed by atoms with Gasteiger partial charge in [0.15, 0.2) is 11.6 Å². The van der Waals surface area contributed by atoms with Gasteiger partial charge in [-0.05, 0) is 48.8 Å². The molecule has 2 aliphatic rings. The number of hydrazine groups is 1. The normalized spacial score (nSPS) is 16.7. The molecule has 2 aromatic rings. The first-order valence-corrected chi connectivity index (χ1v) is 12.8. The van der Waals surface area contributed by atoms with Gasteiger partial charge < -0.3 is 5.32 Å². The van der Waals surface area contributed by atoms with Crippen LogP contribution in [0.2, 0.25) is 5.28 Å². The minimum Gasteiger partial charge on any atom is -0.365 e. The molecule has 0 radical (unpaired) electrons. The largest absolute Gasteiger partial charge is 0.365 e. The van der Waals surface area contributed by atoms with Crippen molar-refractivity contribution >= 4 is 35.6 Å². The summed E-state index contributed by atoms with van der Waals surface area (Å²) in [5.41, 5.74) is 6.02.